The topological polar surface area (TPSA) is 70.2 Å². The van der Waals surface area contributed by atoms with Crippen molar-refractivity contribution < 1.29 is 9.59 Å². The van der Waals surface area contributed by atoms with E-state index in [1.165, 1.54) is 11.1 Å². The SMILES string of the molecule is CNC(=O)c1ccc(CNC(=O)NC2CCCc3ccccc32)cc1. The second-order valence-electron chi connectivity index (χ2n) is 6.25. The summed E-state index contributed by atoms with van der Waals surface area (Å²) in [6, 6.07) is 15.4. The highest BCUT2D eigenvalue weighted by Crippen LogP contribution is 2.29. The van der Waals surface area contributed by atoms with Gasteiger partial charge in [0.15, 0.2) is 0 Å². The number of aryl methyl sites for hydroxylation is 1. The first-order valence-corrected chi connectivity index (χ1v) is 8.60. The van der Waals surface area contributed by atoms with Crippen LogP contribution in [0.5, 0.6) is 0 Å². The summed E-state index contributed by atoms with van der Waals surface area (Å²) < 4.78 is 0. The van der Waals surface area contributed by atoms with Crippen molar-refractivity contribution in [2.24, 2.45) is 0 Å². The summed E-state index contributed by atoms with van der Waals surface area (Å²) in [4.78, 5) is 23.8. The maximum atomic E-state index is 12.2. The van der Waals surface area contributed by atoms with E-state index >= 15 is 0 Å². The lowest BCUT2D eigenvalue weighted by Gasteiger charge is -2.26. The number of fused-ring (bicyclic) bond motifs is 1. The molecule has 0 aromatic heterocycles. The molecule has 1 aliphatic rings. The maximum absolute atomic E-state index is 12.2. The molecule has 3 N–H and O–H groups in total. The molecule has 1 atom stereocenters. The third kappa shape index (κ3) is 4.18. The Labute approximate surface area is 147 Å². The van der Waals surface area contributed by atoms with Crippen LogP contribution in [-0.4, -0.2) is 19.0 Å². The lowest BCUT2D eigenvalue weighted by atomic mass is 9.88. The van der Waals surface area contributed by atoms with E-state index in [4.69, 9.17) is 0 Å². The second kappa shape index (κ2) is 7.83. The van der Waals surface area contributed by atoms with Gasteiger partial charge in [-0.15, -0.1) is 0 Å². The second-order valence-corrected chi connectivity index (χ2v) is 6.25. The number of hydrogen-bond donors (Lipinski definition) is 3. The van der Waals surface area contributed by atoms with E-state index in [9.17, 15) is 9.59 Å². The summed E-state index contributed by atoms with van der Waals surface area (Å²) in [5.41, 5.74) is 4.10. The minimum atomic E-state index is -0.169. The predicted molar refractivity (Wildman–Crippen MR) is 97.3 cm³/mol. The molecule has 0 saturated carbocycles. The van der Waals surface area contributed by atoms with Crippen molar-refractivity contribution >= 4 is 11.9 Å². The van der Waals surface area contributed by atoms with E-state index in [1.807, 2.05) is 24.3 Å². The lowest BCUT2D eigenvalue weighted by Crippen LogP contribution is -2.38. The fourth-order valence-electron chi connectivity index (χ4n) is 3.21. The van der Waals surface area contributed by atoms with Gasteiger partial charge in [-0.25, -0.2) is 4.79 Å². The molecule has 3 amide bonds. The van der Waals surface area contributed by atoms with Gasteiger partial charge >= 0.3 is 6.03 Å². The van der Waals surface area contributed by atoms with Crippen molar-refractivity contribution in [3.05, 3.63) is 70.8 Å². The zero-order valence-corrected chi connectivity index (χ0v) is 14.3. The van der Waals surface area contributed by atoms with Crippen LogP contribution < -0.4 is 16.0 Å². The number of amides is 3. The van der Waals surface area contributed by atoms with Gasteiger partial charge in [0.05, 0.1) is 6.04 Å². The molecular formula is C20H23N3O2. The summed E-state index contributed by atoms with van der Waals surface area (Å²) in [5.74, 6) is -0.117. The third-order valence-corrected chi connectivity index (χ3v) is 4.57. The van der Waals surface area contributed by atoms with Gasteiger partial charge in [0.2, 0.25) is 0 Å². The van der Waals surface area contributed by atoms with Gasteiger partial charge in [-0.3, -0.25) is 4.79 Å². The Bertz CT molecular complexity index is 756. The van der Waals surface area contributed by atoms with E-state index in [0.717, 1.165) is 24.8 Å². The van der Waals surface area contributed by atoms with Gasteiger partial charge in [0.25, 0.3) is 5.91 Å². The molecule has 0 bridgehead atoms. The highest BCUT2D eigenvalue weighted by atomic mass is 16.2. The van der Waals surface area contributed by atoms with E-state index < -0.39 is 0 Å². The number of carbonyl (C=O) groups is 2. The van der Waals surface area contributed by atoms with Crippen molar-refractivity contribution in [3.8, 4) is 0 Å². The molecule has 0 fully saturated rings. The Morgan fingerprint density at radius 1 is 1.08 bits per heavy atom. The number of rotatable bonds is 4. The summed E-state index contributed by atoms with van der Waals surface area (Å²) in [5, 5.41) is 8.54. The Morgan fingerprint density at radius 2 is 1.84 bits per heavy atom. The minimum absolute atomic E-state index is 0.0700. The first kappa shape index (κ1) is 17.0. The highest BCUT2D eigenvalue weighted by Gasteiger charge is 2.21. The van der Waals surface area contributed by atoms with Gasteiger partial charge in [-0.1, -0.05) is 36.4 Å². The van der Waals surface area contributed by atoms with Crippen LogP contribution >= 0.6 is 0 Å². The Morgan fingerprint density at radius 3 is 2.60 bits per heavy atom. The molecule has 25 heavy (non-hydrogen) atoms. The van der Waals surface area contributed by atoms with Crippen molar-refractivity contribution in [3.63, 3.8) is 0 Å². The molecule has 5 nitrogen and oxygen atoms in total. The zero-order valence-electron chi connectivity index (χ0n) is 14.3. The van der Waals surface area contributed by atoms with Gasteiger partial charge in [-0.05, 0) is 48.1 Å². The highest BCUT2D eigenvalue weighted by molar-refractivity contribution is 5.93. The van der Waals surface area contributed by atoms with Crippen molar-refractivity contribution in [2.75, 3.05) is 7.05 Å². The van der Waals surface area contributed by atoms with Gasteiger partial charge in [0.1, 0.15) is 0 Å². The van der Waals surface area contributed by atoms with Gasteiger partial charge in [-0.2, -0.15) is 0 Å². The van der Waals surface area contributed by atoms with Crippen LogP contribution in [0, 0.1) is 0 Å². The normalized spacial score (nSPS) is 15.8. The fraction of sp³-hybridized carbons (Fsp3) is 0.300. The standard InChI is InChI=1S/C20H23N3O2/c1-21-19(24)16-11-9-14(10-12-16)13-22-20(25)23-18-8-4-6-15-5-2-3-7-17(15)18/h2-3,5,7,9-12,18H,4,6,8,13H2,1H3,(H,21,24)(H2,22,23,25). The molecule has 5 heteroatoms. The number of benzene rings is 2. The van der Waals surface area contributed by atoms with E-state index in [-0.39, 0.29) is 18.0 Å². The van der Waals surface area contributed by atoms with Crippen LogP contribution in [0.3, 0.4) is 0 Å². The molecule has 1 unspecified atom stereocenters. The summed E-state index contributed by atoms with van der Waals surface area (Å²) >= 11 is 0. The van der Waals surface area contributed by atoms with Gasteiger partial charge < -0.3 is 16.0 Å². The van der Waals surface area contributed by atoms with Gasteiger partial charge in [0, 0.05) is 19.2 Å². The molecule has 3 rings (SSSR count). The maximum Gasteiger partial charge on any atom is 0.315 e. The average molecular weight is 337 g/mol. The van der Waals surface area contributed by atoms with Crippen molar-refractivity contribution in [2.45, 2.75) is 31.8 Å². The molecule has 0 radical (unpaired) electrons. The molecule has 1 aliphatic carbocycles. The molecular weight excluding hydrogens is 314 g/mol. The van der Waals surface area contributed by atoms with Crippen LogP contribution in [-0.2, 0) is 13.0 Å². The Balaban J connectivity index is 1.54. The quantitative estimate of drug-likeness (QED) is 0.803. The van der Waals surface area contributed by atoms with Crippen LogP contribution in [0.15, 0.2) is 48.5 Å². The van der Waals surface area contributed by atoms with E-state index in [0.29, 0.717) is 12.1 Å². The average Bonchev–Trinajstić information content (AvgIpc) is 2.66. The molecule has 2 aromatic carbocycles. The van der Waals surface area contributed by atoms with E-state index in [2.05, 4.69) is 28.1 Å². The van der Waals surface area contributed by atoms with Crippen molar-refractivity contribution in [1.82, 2.24) is 16.0 Å². The monoisotopic (exact) mass is 337 g/mol. The van der Waals surface area contributed by atoms with E-state index in [1.54, 1.807) is 19.2 Å². The molecule has 0 saturated heterocycles. The number of nitrogens with one attached hydrogen (secondary N) is 3. The number of hydrogen-bond acceptors (Lipinski definition) is 2. The number of urea groups is 1. The lowest BCUT2D eigenvalue weighted by molar-refractivity contribution is 0.0963. The zero-order chi connectivity index (χ0) is 17.6. The van der Waals surface area contributed by atoms with Crippen LogP contribution in [0.25, 0.3) is 0 Å². The molecule has 0 spiro atoms. The summed E-state index contributed by atoms with van der Waals surface area (Å²) in [7, 11) is 1.60. The Kier molecular flexibility index (Phi) is 5.33. The third-order valence-electron chi connectivity index (χ3n) is 4.57. The number of carbonyl (C=O) groups excluding carboxylic acids is 2. The first-order valence-electron chi connectivity index (χ1n) is 8.60. The first-order chi connectivity index (χ1) is 12.2. The molecule has 0 heterocycles. The summed E-state index contributed by atoms with van der Waals surface area (Å²) in [6.07, 6.45) is 3.13. The largest absolute Gasteiger partial charge is 0.355 e. The Hall–Kier alpha value is -2.82. The van der Waals surface area contributed by atoms with Crippen LogP contribution in [0.1, 0.15) is 45.9 Å². The molecule has 2 aromatic rings. The van der Waals surface area contributed by atoms with Crippen LogP contribution in [0.2, 0.25) is 0 Å². The molecule has 130 valence electrons. The predicted octanol–water partition coefficient (Wildman–Crippen LogP) is 2.92. The van der Waals surface area contributed by atoms with Crippen LogP contribution in [0.4, 0.5) is 4.79 Å². The molecule has 0 aliphatic heterocycles. The minimum Gasteiger partial charge on any atom is -0.355 e. The van der Waals surface area contributed by atoms with Crippen molar-refractivity contribution in [1.29, 1.82) is 0 Å². The summed E-state index contributed by atoms with van der Waals surface area (Å²) in [6.45, 7) is 0.425. The smallest absolute Gasteiger partial charge is 0.315 e. The fourth-order valence-corrected chi connectivity index (χ4v) is 3.21.